The normalized spacial score (nSPS) is 20.1. The number of fused-ring (bicyclic) bond motifs is 1. The van der Waals surface area contributed by atoms with E-state index in [2.05, 4.69) is 14.5 Å². The first-order valence-electron chi connectivity index (χ1n) is 5.95. The number of ether oxygens (including phenoxy) is 1. The van der Waals surface area contributed by atoms with Crippen LogP contribution in [-0.4, -0.2) is 27.7 Å². The van der Waals surface area contributed by atoms with Gasteiger partial charge in [-0.15, -0.1) is 0 Å². The summed E-state index contributed by atoms with van der Waals surface area (Å²) in [4.78, 5) is 7.28. The van der Waals surface area contributed by atoms with E-state index in [9.17, 15) is 0 Å². The number of aryl methyl sites for hydroxylation is 1. The summed E-state index contributed by atoms with van der Waals surface area (Å²) in [6, 6.07) is 2.01. The Bertz CT molecular complexity index is 568. The fourth-order valence-corrected chi connectivity index (χ4v) is 2.66. The van der Waals surface area contributed by atoms with E-state index >= 15 is 0 Å². The molecule has 4 nitrogen and oxygen atoms in total. The highest BCUT2D eigenvalue weighted by molar-refractivity contribution is 7.71. The maximum absolute atomic E-state index is 5.39. The molecule has 3 heterocycles. The molecule has 0 saturated carbocycles. The van der Waals surface area contributed by atoms with E-state index in [1.807, 2.05) is 12.3 Å². The van der Waals surface area contributed by atoms with Crippen LogP contribution in [0.5, 0.6) is 0 Å². The number of rotatable bonds is 3. The standard InChI is InChI=1S/C12H15N3OS/c17-12-14-10-7-13-4-1-11(10)15(12)5-2-9-3-6-16-8-9/h1,4,7,9H,2-3,5-6,8H2,(H,14,17). The molecule has 0 aliphatic carbocycles. The van der Waals surface area contributed by atoms with E-state index in [0.29, 0.717) is 5.92 Å². The fraction of sp³-hybridized carbons (Fsp3) is 0.500. The molecule has 1 aliphatic rings. The number of H-pyrrole nitrogens is 1. The Hall–Kier alpha value is -1.20. The highest BCUT2D eigenvalue weighted by atomic mass is 32.1. The molecule has 1 aliphatic heterocycles. The molecule has 0 aromatic carbocycles. The van der Waals surface area contributed by atoms with Crippen molar-refractivity contribution in [3.05, 3.63) is 23.2 Å². The van der Waals surface area contributed by atoms with Crippen LogP contribution in [-0.2, 0) is 11.3 Å². The molecular formula is C12H15N3OS. The Labute approximate surface area is 105 Å². The Balaban J connectivity index is 1.84. The summed E-state index contributed by atoms with van der Waals surface area (Å²) in [7, 11) is 0. The number of nitrogens with one attached hydrogen (secondary N) is 1. The minimum absolute atomic E-state index is 0.684. The first-order valence-corrected chi connectivity index (χ1v) is 6.35. The molecule has 0 bridgehead atoms. The minimum Gasteiger partial charge on any atom is -0.381 e. The van der Waals surface area contributed by atoms with Gasteiger partial charge in [0.25, 0.3) is 0 Å². The van der Waals surface area contributed by atoms with Crippen molar-refractivity contribution in [3.63, 3.8) is 0 Å². The van der Waals surface area contributed by atoms with E-state index in [1.165, 1.54) is 6.42 Å². The van der Waals surface area contributed by atoms with Crippen LogP contribution in [0.2, 0.25) is 0 Å². The largest absolute Gasteiger partial charge is 0.381 e. The molecule has 5 heteroatoms. The van der Waals surface area contributed by atoms with Gasteiger partial charge in [-0.05, 0) is 37.0 Å². The first-order chi connectivity index (χ1) is 8.34. The first kappa shape index (κ1) is 10.9. The average Bonchev–Trinajstić information content (AvgIpc) is 2.93. The number of pyridine rings is 1. The van der Waals surface area contributed by atoms with Gasteiger partial charge in [-0.3, -0.25) is 4.98 Å². The van der Waals surface area contributed by atoms with E-state index in [4.69, 9.17) is 17.0 Å². The van der Waals surface area contributed by atoms with Gasteiger partial charge in [0.05, 0.1) is 17.2 Å². The van der Waals surface area contributed by atoms with Crippen LogP contribution in [0.3, 0.4) is 0 Å². The predicted molar refractivity (Wildman–Crippen MR) is 68.5 cm³/mol. The summed E-state index contributed by atoms with van der Waals surface area (Å²) >= 11 is 5.34. The minimum atomic E-state index is 0.684. The second kappa shape index (κ2) is 4.58. The van der Waals surface area contributed by atoms with Crippen molar-refractivity contribution >= 4 is 23.3 Å². The number of hydrogen-bond donors (Lipinski definition) is 1. The zero-order chi connectivity index (χ0) is 11.7. The molecule has 1 unspecified atom stereocenters. The van der Waals surface area contributed by atoms with Gasteiger partial charge in [-0.25, -0.2) is 0 Å². The van der Waals surface area contributed by atoms with Gasteiger partial charge in [-0.1, -0.05) is 0 Å². The van der Waals surface area contributed by atoms with Crippen molar-refractivity contribution in [1.29, 1.82) is 0 Å². The Kier molecular flexibility index (Phi) is 2.94. The van der Waals surface area contributed by atoms with Gasteiger partial charge in [-0.2, -0.15) is 0 Å². The topological polar surface area (TPSA) is 42.8 Å². The van der Waals surface area contributed by atoms with Gasteiger partial charge in [0.2, 0.25) is 0 Å². The molecule has 0 spiro atoms. The predicted octanol–water partition coefficient (Wildman–Crippen LogP) is 2.52. The van der Waals surface area contributed by atoms with Gasteiger partial charge in [0.1, 0.15) is 0 Å². The molecule has 1 fully saturated rings. The highest BCUT2D eigenvalue weighted by Crippen LogP contribution is 2.19. The molecular weight excluding hydrogens is 234 g/mol. The summed E-state index contributed by atoms with van der Waals surface area (Å²) in [5.41, 5.74) is 2.16. The lowest BCUT2D eigenvalue weighted by Gasteiger charge is -2.08. The van der Waals surface area contributed by atoms with Crippen LogP contribution in [0.15, 0.2) is 18.5 Å². The van der Waals surface area contributed by atoms with Gasteiger partial charge < -0.3 is 14.3 Å². The maximum atomic E-state index is 5.39. The summed E-state index contributed by atoms with van der Waals surface area (Å²) in [5, 5.41) is 0. The van der Waals surface area contributed by atoms with Crippen molar-refractivity contribution in [2.75, 3.05) is 13.2 Å². The van der Waals surface area contributed by atoms with E-state index in [1.54, 1.807) is 6.20 Å². The highest BCUT2D eigenvalue weighted by Gasteiger charge is 2.16. The van der Waals surface area contributed by atoms with Crippen LogP contribution < -0.4 is 0 Å². The summed E-state index contributed by atoms with van der Waals surface area (Å²) in [6.45, 7) is 2.77. The van der Waals surface area contributed by atoms with Crippen molar-refractivity contribution in [2.45, 2.75) is 19.4 Å². The lowest BCUT2D eigenvalue weighted by atomic mass is 10.1. The van der Waals surface area contributed by atoms with Crippen LogP contribution in [0, 0.1) is 10.7 Å². The smallest absolute Gasteiger partial charge is 0.178 e. The molecule has 0 amide bonds. The van der Waals surface area contributed by atoms with Crippen molar-refractivity contribution in [3.8, 4) is 0 Å². The van der Waals surface area contributed by atoms with Crippen molar-refractivity contribution in [2.24, 2.45) is 5.92 Å². The Morgan fingerprint density at radius 2 is 2.53 bits per heavy atom. The summed E-state index contributed by atoms with van der Waals surface area (Å²) in [5.74, 6) is 0.684. The molecule has 0 radical (unpaired) electrons. The van der Waals surface area contributed by atoms with Crippen LogP contribution >= 0.6 is 12.2 Å². The van der Waals surface area contributed by atoms with Gasteiger partial charge in [0, 0.05) is 26.0 Å². The third-order valence-electron chi connectivity index (χ3n) is 3.36. The zero-order valence-corrected chi connectivity index (χ0v) is 10.4. The number of nitrogens with zero attached hydrogens (tertiary/aromatic N) is 2. The van der Waals surface area contributed by atoms with E-state index in [0.717, 1.165) is 42.0 Å². The Morgan fingerprint density at radius 1 is 1.59 bits per heavy atom. The maximum Gasteiger partial charge on any atom is 0.178 e. The Morgan fingerprint density at radius 3 is 3.35 bits per heavy atom. The molecule has 90 valence electrons. The summed E-state index contributed by atoms with van der Waals surface area (Å²) < 4.78 is 8.33. The molecule has 2 aromatic rings. The van der Waals surface area contributed by atoms with E-state index in [-0.39, 0.29) is 0 Å². The molecule has 3 rings (SSSR count). The lowest BCUT2D eigenvalue weighted by Crippen LogP contribution is -2.06. The molecule has 1 atom stereocenters. The number of imidazole rings is 1. The lowest BCUT2D eigenvalue weighted by molar-refractivity contribution is 0.183. The third-order valence-corrected chi connectivity index (χ3v) is 3.68. The van der Waals surface area contributed by atoms with Gasteiger partial charge in [0.15, 0.2) is 4.77 Å². The average molecular weight is 249 g/mol. The third kappa shape index (κ3) is 2.12. The van der Waals surface area contributed by atoms with Crippen LogP contribution in [0.4, 0.5) is 0 Å². The van der Waals surface area contributed by atoms with Crippen LogP contribution in [0.1, 0.15) is 12.8 Å². The SMILES string of the molecule is S=c1[nH]c2cnccc2n1CCC1CCOC1. The molecule has 1 N–H and O–H groups in total. The zero-order valence-electron chi connectivity index (χ0n) is 9.56. The van der Waals surface area contributed by atoms with E-state index < -0.39 is 0 Å². The number of aromatic amines is 1. The van der Waals surface area contributed by atoms with Crippen molar-refractivity contribution in [1.82, 2.24) is 14.5 Å². The quantitative estimate of drug-likeness (QED) is 0.850. The molecule has 17 heavy (non-hydrogen) atoms. The fourth-order valence-electron chi connectivity index (χ4n) is 2.36. The molecule has 2 aromatic heterocycles. The summed E-state index contributed by atoms with van der Waals surface area (Å²) in [6.07, 6.45) is 5.93. The number of aromatic nitrogens is 3. The second-order valence-corrected chi connectivity index (χ2v) is 4.88. The number of hydrogen-bond acceptors (Lipinski definition) is 3. The van der Waals surface area contributed by atoms with Gasteiger partial charge >= 0.3 is 0 Å². The second-order valence-electron chi connectivity index (χ2n) is 4.49. The monoisotopic (exact) mass is 249 g/mol. The molecule has 1 saturated heterocycles. The van der Waals surface area contributed by atoms with Crippen molar-refractivity contribution < 1.29 is 4.74 Å². The van der Waals surface area contributed by atoms with Crippen LogP contribution in [0.25, 0.3) is 11.0 Å².